The van der Waals surface area contributed by atoms with E-state index in [1.807, 2.05) is 0 Å². The van der Waals surface area contributed by atoms with Gasteiger partial charge in [0.25, 0.3) is 0 Å². The lowest BCUT2D eigenvalue weighted by Crippen LogP contribution is -2.44. The zero-order valence-electron chi connectivity index (χ0n) is 22.0. The van der Waals surface area contributed by atoms with Crippen LogP contribution in [0.15, 0.2) is 0 Å². The number of rotatable bonds is 21. The Hall–Kier alpha value is -0.0800. The number of nitrogens with one attached hydrogen (secondary N) is 1. The summed E-state index contributed by atoms with van der Waals surface area (Å²) in [7, 11) is 4.53. The van der Waals surface area contributed by atoms with E-state index in [1.165, 1.54) is 77.7 Å². The van der Waals surface area contributed by atoms with Crippen LogP contribution in [-0.2, 0) is 35.1 Å². The fourth-order valence-electron chi connectivity index (χ4n) is 4.83. The zero-order valence-corrected chi connectivity index (χ0v) is 23.7. The molecular weight excluding hydrogens is 473 g/mol. The van der Waals surface area contributed by atoms with E-state index in [0.29, 0.717) is 19.4 Å². The highest BCUT2D eigenvalue weighted by atomic mass is 32.5. The first kappa shape index (κ1) is 31.9. The van der Waals surface area contributed by atoms with E-state index >= 15 is 0 Å². The van der Waals surface area contributed by atoms with Gasteiger partial charge in [0, 0.05) is 33.7 Å². The number of hydrogen-bond donors (Lipinski definition) is 2. The van der Waals surface area contributed by atoms with Crippen molar-refractivity contribution >= 4 is 24.4 Å². The summed E-state index contributed by atoms with van der Waals surface area (Å²) in [6, 6.07) is -0.212. The molecule has 0 bridgehead atoms. The van der Waals surface area contributed by atoms with Crippen molar-refractivity contribution in [2.24, 2.45) is 5.92 Å². The molecule has 1 aliphatic carbocycles. The Balaban J connectivity index is 2.23. The first-order chi connectivity index (χ1) is 16.4. The van der Waals surface area contributed by atoms with Gasteiger partial charge < -0.3 is 28.7 Å². The molecule has 2 unspecified atom stereocenters. The zero-order chi connectivity index (χ0) is 25.2. The number of ether oxygens (including phenoxy) is 2. The molecule has 0 aromatic heterocycles. The molecule has 1 aliphatic rings. The number of hydrogen-bond acceptors (Lipinski definition) is 6. The average Bonchev–Trinajstić information content (AvgIpc) is 3.11. The molecule has 1 rings (SSSR count). The van der Waals surface area contributed by atoms with Gasteiger partial charge in [-0.1, -0.05) is 84.0 Å². The first-order valence-corrected chi connectivity index (χ1v) is 15.9. The molecule has 0 heterocycles. The summed E-state index contributed by atoms with van der Waals surface area (Å²) in [5.74, 6) is -0.0247. The van der Waals surface area contributed by atoms with Crippen molar-refractivity contribution in [2.45, 2.75) is 121 Å². The predicted octanol–water partition coefficient (Wildman–Crippen LogP) is 5.88. The smallest absolute Gasteiger partial charge is 0.324 e. The van der Waals surface area contributed by atoms with Crippen LogP contribution in [0.2, 0.25) is 0 Å². The van der Waals surface area contributed by atoms with Crippen LogP contribution in [0, 0.1) is 5.92 Å². The Bertz CT molecular complexity index is 582. The summed E-state index contributed by atoms with van der Waals surface area (Å²) in [5.41, 5.74) is 0. The molecule has 202 valence electrons. The molecule has 0 saturated heterocycles. The summed E-state index contributed by atoms with van der Waals surface area (Å²) >= 11 is 5.03. The summed E-state index contributed by atoms with van der Waals surface area (Å²) in [6.07, 6.45) is 16.9. The molecule has 0 aromatic rings. The van der Waals surface area contributed by atoms with Gasteiger partial charge in [-0.15, -0.1) is 0 Å². The van der Waals surface area contributed by atoms with Crippen LogP contribution in [0.1, 0.15) is 103 Å². The van der Waals surface area contributed by atoms with Gasteiger partial charge in [0.05, 0.1) is 12.6 Å². The third-order valence-corrected chi connectivity index (χ3v) is 8.41. The molecule has 1 fully saturated rings. The second-order valence-corrected chi connectivity index (χ2v) is 12.4. The molecule has 34 heavy (non-hydrogen) atoms. The van der Waals surface area contributed by atoms with Crippen LogP contribution < -0.4 is 5.32 Å². The largest absolute Gasteiger partial charge is 0.384 e. The predicted molar refractivity (Wildman–Crippen MR) is 141 cm³/mol. The molecular formula is C25H50NO6PS. The molecule has 5 atom stereocenters. The highest BCUT2D eigenvalue weighted by Crippen LogP contribution is 2.48. The molecule has 1 saturated carbocycles. The van der Waals surface area contributed by atoms with E-state index < -0.39 is 18.9 Å². The monoisotopic (exact) mass is 523 g/mol. The second kappa shape index (κ2) is 19.1. The Morgan fingerprint density at radius 3 is 1.91 bits per heavy atom. The van der Waals surface area contributed by atoms with Crippen LogP contribution in [0.4, 0.5) is 0 Å². The maximum Gasteiger partial charge on any atom is 0.324 e. The molecule has 0 spiro atoms. The normalized spacial score (nSPS) is 24.3. The third-order valence-electron chi connectivity index (χ3n) is 6.73. The minimum Gasteiger partial charge on any atom is -0.384 e. The lowest BCUT2D eigenvalue weighted by molar-refractivity contribution is -0.123. The van der Waals surface area contributed by atoms with Crippen LogP contribution in [-0.4, -0.2) is 57.0 Å². The number of amides is 1. The van der Waals surface area contributed by atoms with Crippen molar-refractivity contribution in [1.82, 2.24) is 5.32 Å². The van der Waals surface area contributed by atoms with Crippen LogP contribution in [0.25, 0.3) is 0 Å². The summed E-state index contributed by atoms with van der Waals surface area (Å²) < 4.78 is 21.6. The van der Waals surface area contributed by atoms with Gasteiger partial charge in [-0.3, -0.25) is 4.79 Å². The SMILES string of the molecule is CCCCCCCCCCCCCCCC(=O)N[C@@H]1C[C@H](COC)C(OP(O)(=S)OC)[C@@H]1OC. The Kier molecular flexibility index (Phi) is 17.9. The minimum atomic E-state index is -3.35. The van der Waals surface area contributed by atoms with Gasteiger partial charge >= 0.3 is 6.72 Å². The minimum absolute atomic E-state index is 0.0297. The molecule has 7 nitrogen and oxygen atoms in total. The van der Waals surface area contributed by atoms with Crippen molar-refractivity contribution in [3.8, 4) is 0 Å². The van der Waals surface area contributed by atoms with Crippen molar-refractivity contribution in [3.05, 3.63) is 0 Å². The van der Waals surface area contributed by atoms with Gasteiger partial charge in [0.1, 0.15) is 12.2 Å². The molecule has 1 amide bonds. The molecule has 2 N–H and O–H groups in total. The molecule has 0 aromatic carbocycles. The van der Waals surface area contributed by atoms with E-state index in [4.69, 9.17) is 30.3 Å². The van der Waals surface area contributed by atoms with Crippen LogP contribution in [0.5, 0.6) is 0 Å². The van der Waals surface area contributed by atoms with E-state index in [1.54, 1.807) is 14.2 Å². The Morgan fingerprint density at radius 1 is 0.912 bits per heavy atom. The summed E-state index contributed by atoms with van der Waals surface area (Å²) in [5, 5.41) is 3.10. The number of carbonyl (C=O) groups is 1. The lowest BCUT2D eigenvalue weighted by Gasteiger charge is -2.28. The number of methoxy groups -OCH3 is 2. The maximum atomic E-state index is 12.5. The maximum absolute atomic E-state index is 12.5. The lowest BCUT2D eigenvalue weighted by atomic mass is 10.0. The van der Waals surface area contributed by atoms with Gasteiger partial charge in [0.15, 0.2) is 0 Å². The van der Waals surface area contributed by atoms with E-state index in [-0.39, 0.29) is 17.9 Å². The van der Waals surface area contributed by atoms with Gasteiger partial charge in [0.2, 0.25) is 5.91 Å². The topological polar surface area (TPSA) is 86.3 Å². The summed E-state index contributed by atoms with van der Waals surface area (Å²) in [4.78, 5) is 22.7. The van der Waals surface area contributed by atoms with E-state index in [9.17, 15) is 9.69 Å². The van der Waals surface area contributed by atoms with Gasteiger partial charge in [-0.05, 0) is 24.6 Å². The van der Waals surface area contributed by atoms with Crippen molar-refractivity contribution < 1.29 is 28.2 Å². The van der Waals surface area contributed by atoms with Gasteiger partial charge in [-0.2, -0.15) is 0 Å². The van der Waals surface area contributed by atoms with Crippen LogP contribution in [0.3, 0.4) is 0 Å². The summed E-state index contributed by atoms with van der Waals surface area (Å²) in [6.45, 7) is -0.667. The molecule has 0 radical (unpaired) electrons. The standard InChI is InChI=1S/C25H50NO6PS/c1-5-6-7-8-9-10-11-12-13-14-15-16-17-18-23(27)26-22-19-21(20-29-2)24(25(22)30-3)32-33(28,34)31-4/h21-22,24-25H,5-20H2,1-4H3,(H,26,27)(H,28,34)/t21-,22-,24?,25-,33?/m1/s1. The fourth-order valence-corrected chi connectivity index (χ4v) is 5.82. The quantitative estimate of drug-likeness (QED) is 0.143. The highest BCUT2D eigenvalue weighted by molar-refractivity contribution is 8.07. The first-order valence-electron chi connectivity index (χ1n) is 13.3. The average molecular weight is 524 g/mol. The third kappa shape index (κ3) is 13.3. The number of carbonyl (C=O) groups excluding carboxylic acids is 1. The van der Waals surface area contributed by atoms with Crippen LogP contribution >= 0.6 is 6.72 Å². The fraction of sp³-hybridized carbons (Fsp3) is 0.960. The molecule has 0 aliphatic heterocycles. The Labute approximate surface area is 213 Å². The highest BCUT2D eigenvalue weighted by Gasteiger charge is 2.47. The second-order valence-electron chi connectivity index (χ2n) is 9.54. The van der Waals surface area contributed by atoms with Crippen molar-refractivity contribution in [2.75, 3.05) is 27.9 Å². The van der Waals surface area contributed by atoms with Crippen molar-refractivity contribution in [1.29, 1.82) is 0 Å². The molecule has 9 heteroatoms. The number of unbranched alkanes of at least 4 members (excludes halogenated alkanes) is 12. The van der Waals surface area contributed by atoms with Gasteiger partial charge in [-0.25, -0.2) is 0 Å². The Morgan fingerprint density at radius 2 is 1.44 bits per heavy atom. The van der Waals surface area contributed by atoms with E-state index in [2.05, 4.69) is 12.2 Å². The van der Waals surface area contributed by atoms with Crippen molar-refractivity contribution in [3.63, 3.8) is 0 Å². The van der Waals surface area contributed by atoms with E-state index in [0.717, 1.165) is 12.8 Å².